The van der Waals surface area contributed by atoms with Gasteiger partial charge in [0.1, 0.15) is 6.04 Å². The van der Waals surface area contributed by atoms with Gasteiger partial charge >= 0.3 is 0 Å². The second-order valence-electron chi connectivity index (χ2n) is 6.57. The molecule has 1 aromatic carbocycles. The van der Waals surface area contributed by atoms with Crippen LogP contribution in [0, 0.1) is 0 Å². The summed E-state index contributed by atoms with van der Waals surface area (Å²) in [5.41, 5.74) is 0.726. The fourth-order valence-corrected chi connectivity index (χ4v) is 4.69. The molecule has 3 heterocycles. The Morgan fingerprint density at radius 1 is 1.25 bits per heavy atom. The van der Waals surface area contributed by atoms with E-state index < -0.39 is 6.04 Å². The van der Waals surface area contributed by atoms with E-state index in [0.29, 0.717) is 17.8 Å². The molecular formula is C20H20N4O2S2. The highest BCUT2D eigenvalue weighted by molar-refractivity contribution is 7.99. The number of thiophene rings is 1. The van der Waals surface area contributed by atoms with Gasteiger partial charge in [-0.2, -0.15) is 0 Å². The van der Waals surface area contributed by atoms with Crippen LogP contribution in [-0.4, -0.2) is 38.9 Å². The largest absolute Gasteiger partial charge is 0.329 e. The molecule has 1 aliphatic heterocycles. The van der Waals surface area contributed by atoms with Crippen LogP contribution in [0.1, 0.15) is 22.5 Å². The van der Waals surface area contributed by atoms with Gasteiger partial charge in [-0.25, -0.2) is 4.98 Å². The minimum absolute atomic E-state index is 0.0607. The zero-order chi connectivity index (χ0) is 19.5. The second-order valence-corrected chi connectivity index (χ2v) is 8.56. The summed E-state index contributed by atoms with van der Waals surface area (Å²) in [5.74, 6) is -0.193. The van der Waals surface area contributed by atoms with Crippen LogP contribution in [0.3, 0.4) is 0 Å². The molecule has 1 fully saturated rings. The summed E-state index contributed by atoms with van der Waals surface area (Å²) in [7, 11) is 1.95. The third kappa shape index (κ3) is 3.98. The van der Waals surface area contributed by atoms with Crippen LogP contribution in [-0.2, 0) is 11.8 Å². The van der Waals surface area contributed by atoms with E-state index >= 15 is 0 Å². The first-order chi connectivity index (χ1) is 13.6. The van der Waals surface area contributed by atoms with Crippen LogP contribution in [0.25, 0.3) is 0 Å². The van der Waals surface area contributed by atoms with Crippen LogP contribution >= 0.6 is 23.1 Å². The van der Waals surface area contributed by atoms with Crippen LogP contribution < -0.4 is 5.32 Å². The van der Waals surface area contributed by atoms with Crippen LogP contribution in [0.5, 0.6) is 0 Å². The number of amides is 2. The van der Waals surface area contributed by atoms with E-state index in [4.69, 9.17) is 0 Å². The molecule has 1 N–H and O–H groups in total. The quantitative estimate of drug-likeness (QED) is 0.691. The number of carbonyl (C=O) groups is 2. The van der Waals surface area contributed by atoms with Crippen molar-refractivity contribution in [2.24, 2.45) is 7.05 Å². The summed E-state index contributed by atoms with van der Waals surface area (Å²) in [6, 6.07) is 10.9. The number of nitrogens with zero attached hydrogens (tertiary/aromatic N) is 3. The molecule has 0 radical (unpaired) electrons. The summed E-state index contributed by atoms with van der Waals surface area (Å²) in [6.07, 6.45) is 5.20. The Morgan fingerprint density at radius 2 is 2.07 bits per heavy atom. The first kappa shape index (κ1) is 18.8. The average molecular weight is 413 g/mol. The standard InChI is InChI=1S/C20H20N4O2S2/c1-23-12-10-21-20(23)28-15-8-6-14(7-9-15)22-18(25)16-4-2-11-24(16)19(26)17-5-3-13-27-17/h3,5-10,12-13,16H,2,4,11H2,1H3,(H,22,25)/t16-/m0/s1. The maximum absolute atomic E-state index is 12.8. The molecule has 6 nitrogen and oxygen atoms in total. The first-order valence-corrected chi connectivity index (χ1v) is 10.7. The van der Waals surface area contributed by atoms with Crippen molar-refractivity contribution in [3.63, 3.8) is 0 Å². The number of carbonyl (C=O) groups excluding carboxylic acids is 2. The number of imidazole rings is 1. The Kier molecular flexibility index (Phi) is 5.50. The van der Waals surface area contributed by atoms with Crippen molar-refractivity contribution in [2.45, 2.75) is 28.9 Å². The molecule has 0 unspecified atom stereocenters. The Hall–Kier alpha value is -2.58. The van der Waals surface area contributed by atoms with Gasteiger partial charge in [-0.15, -0.1) is 11.3 Å². The van der Waals surface area contributed by atoms with Crippen molar-refractivity contribution >= 4 is 40.6 Å². The fourth-order valence-electron chi connectivity index (χ4n) is 3.21. The van der Waals surface area contributed by atoms with Crippen LogP contribution in [0.2, 0.25) is 0 Å². The molecule has 4 rings (SSSR count). The summed E-state index contributed by atoms with van der Waals surface area (Å²) in [6.45, 7) is 0.619. The van der Waals surface area contributed by atoms with Gasteiger partial charge in [0.25, 0.3) is 5.91 Å². The molecule has 3 aromatic rings. The Bertz CT molecular complexity index is 967. The molecule has 1 saturated heterocycles. The molecule has 0 aliphatic carbocycles. The van der Waals surface area contributed by atoms with Crippen molar-refractivity contribution in [3.8, 4) is 0 Å². The van der Waals surface area contributed by atoms with E-state index in [1.807, 2.05) is 53.5 Å². The molecular weight excluding hydrogens is 392 g/mol. The van der Waals surface area contributed by atoms with Crippen LogP contribution in [0.4, 0.5) is 5.69 Å². The number of aromatic nitrogens is 2. The second kappa shape index (κ2) is 8.20. The van der Waals surface area contributed by atoms with Gasteiger partial charge in [-0.3, -0.25) is 9.59 Å². The highest BCUT2D eigenvalue weighted by Crippen LogP contribution is 2.27. The molecule has 0 bridgehead atoms. The number of hydrogen-bond acceptors (Lipinski definition) is 5. The van der Waals surface area contributed by atoms with Gasteiger partial charge in [0.15, 0.2) is 5.16 Å². The number of likely N-dealkylation sites (tertiary alicyclic amines) is 1. The van der Waals surface area contributed by atoms with E-state index in [1.54, 1.807) is 28.9 Å². The smallest absolute Gasteiger partial charge is 0.264 e. The van der Waals surface area contributed by atoms with Gasteiger partial charge in [-0.05, 0) is 48.6 Å². The third-order valence-corrected chi connectivity index (χ3v) is 6.60. The van der Waals surface area contributed by atoms with Crippen molar-refractivity contribution in [1.82, 2.24) is 14.5 Å². The predicted octanol–water partition coefficient (Wildman–Crippen LogP) is 3.88. The monoisotopic (exact) mass is 412 g/mol. The lowest BCUT2D eigenvalue weighted by molar-refractivity contribution is -0.119. The molecule has 2 amide bonds. The zero-order valence-corrected chi connectivity index (χ0v) is 17.0. The third-order valence-electron chi connectivity index (χ3n) is 4.66. The van der Waals surface area contributed by atoms with Crippen molar-refractivity contribution in [2.75, 3.05) is 11.9 Å². The van der Waals surface area contributed by atoms with Crippen molar-refractivity contribution in [3.05, 3.63) is 59.0 Å². The average Bonchev–Trinajstić information content (AvgIpc) is 3.45. The molecule has 8 heteroatoms. The minimum Gasteiger partial charge on any atom is -0.329 e. The summed E-state index contributed by atoms with van der Waals surface area (Å²) in [4.78, 5) is 33.1. The minimum atomic E-state index is -0.420. The van der Waals surface area contributed by atoms with E-state index in [1.165, 1.54) is 11.3 Å². The van der Waals surface area contributed by atoms with E-state index in [-0.39, 0.29) is 11.8 Å². The molecule has 1 aliphatic rings. The highest BCUT2D eigenvalue weighted by atomic mass is 32.2. The first-order valence-electron chi connectivity index (χ1n) is 9.02. The summed E-state index contributed by atoms with van der Waals surface area (Å²) in [5, 5.41) is 5.74. The van der Waals surface area contributed by atoms with Crippen molar-refractivity contribution in [1.29, 1.82) is 0 Å². The van der Waals surface area contributed by atoms with Gasteiger partial charge < -0.3 is 14.8 Å². The van der Waals surface area contributed by atoms with Gasteiger partial charge in [0.05, 0.1) is 4.88 Å². The van der Waals surface area contributed by atoms with Crippen molar-refractivity contribution < 1.29 is 9.59 Å². The molecule has 0 saturated carbocycles. The lowest BCUT2D eigenvalue weighted by atomic mass is 10.2. The lowest BCUT2D eigenvalue weighted by Gasteiger charge is -2.23. The summed E-state index contributed by atoms with van der Waals surface area (Å²) >= 11 is 2.97. The number of aryl methyl sites for hydroxylation is 1. The van der Waals surface area contributed by atoms with Gasteiger partial charge in [0.2, 0.25) is 5.91 Å². The molecule has 0 spiro atoms. The number of anilines is 1. The number of benzene rings is 1. The van der Waals surface area contributed by atoms with Gasteiger partial charge in [0, 0.05) is 36.6 Å². The van der Waals surface area contributed by atoms with Crippen LogP contribution in [0.15, 0.2) is 64.2 Å². The zero-order valence-electron chi connectivity index (χ0n) is 15.4. The number of nitrogens with one attached hydrogen (secondary N) is 1. The maximum Gasteiger partial charge on any atom is 0.264 e. The normalized spacial score (nSPS) is 16.3. The Morgan fingerprint density at radius 3 is 2.75 bits per heavy atom. The number of hydrogen-bond donors (Lipinski definition) is 1. The highest BCUT2D eigenvalue weighted by Gasteiger charge is 2.34. The molecule has 28 heavy (non-hydrogen) atoms. The SMILES string of the molecule is Cn1ccnc1Sc1ccc(NC(=O)[C@@H]2CCCN2C(=O)c2cccs2)cc1. The predicted molar refractivity (Wildman–Crippen MR) is 111 cm³/mol. The Balaban J connectivity index is 1.40. The van der Waals surface area contributed by atoms with E-state index in [2.05, 4.69) is 10.3 Å². The fraction of sp³-hybridized carbons (Fsp3) is 0.250. The maximum atomic E-state index is 12.8. The lowest BCUT2D eigenvalue weighted by Crippen LogP contribution is -2.42. The molecule has 2 aromatic heterocycles. The summed E-state index contributed by atoms with van der Waals surface area (Å²) < 4.78 is 1.96. The molecule has 144 valence electrons. The molecule has 1 atom stereocenters. The van der Waals surface area contributed by atoms with Gasteiger partial charge in [-0.1, -0.05) is 17.8 Å². The number of rotatable bonds is 5. The topological polar surface area (TPSA) is 67.2 Å². The van der Waals surface area contributed by atoms with E-state index in [9.17, 15) is 9.59 Å². The Labute approximate surface area is 171 Å². The van der Waals surface area contributed by atoms with E-state index in [0.717, 1.165) is 22.2 Å².